The molecule has 0 spiro atoms. The molecule has 0 radical (unpaired) electrons. The first-order chi connectivity index (χ1) is 16.5. The van der Waals surface area contributed by atoms with Crippen molar-refractivity contribution in [1.29, 1.82) is 0 Å². The van der Waals surface area contributed by atoms with E-state index in [9.17, 15) is 9.59 Å². The maximum atomic E-state index is 13.5. The number of allylic oxidation sites excluding steroid dienone is 1. The Kier molecular flexibility index (Phi) is 8.45. The van der Waals surface area contributed by atoms with Gasteiger partial charge in [-0.15, -0.1) is 0 Å². The minimum Gasteiger partial charge on any atom is -0.469 e. The number of carbonyl (C=O) groups excluding carboxylic acids is 2. The molecule has 2 aromatic rings. The number of rotatable bonds is 8. The highest BCUT2D eigenvalue weighted by molar-refractivity contribution is 9.12. The van der Waals surface area contributed by atoms with Gasteiger partial charge in [0.2, 0.25) is 0 Å². The summed E-state index contributed by atoms with van der Waals surface area (Å²) in [5.74, 6) is -1.99. The lowest BCUT2D eigenvalue weighted by molar-refractivity contribution is -0.151. The van der Waals surface area contributed by atoms with Crippen LogP contribution in [0.5, 0.6) is 5.75 Å². The van der Waals surface area contributed by atoms with E-state index in [2.05, 4.69) is 31.9 Å². The van der Waals surface area contributed by atoms with Crippen molar-refractivity contribution in [3.8, 4) is 5.75 Å². The molecule has 5 nitrogen and oxygen atoms in total. The molecule has 3 rings (SSSR count). The summed E-state index contributed by atoms with van der Waals surface area (Å²) < 4.78 is 17.4. The molecule has 0 saturated heterocycles. The smallest absolute Gasteiger partial charge is 0.312 e. The Hall–Kier alpha value is -2.22. The van der Waals surface area contributed by atoms with Gasteiger partial charge in [0.15, 0.2) is 5.78 Å². The van der Waals surface area contributed by atoms with E-state index >= 15 is 0 Å². The molecule has 0 aromatic heterocycles. The molecule has 2 aromatic carbocycles. The number of aryl methyl sites for hydroxylation is 1. The first-order valence-corrected chi connectivity index (χ1v) is 12.9. The molecule has 1 aliphatic rings. The summed E-state index contributed by atoms with van der Waals surface area (Å²) in [6.45, 7) is 7.79. The van der Waals surface area contributed by atoms with Crippen LogP contribution in [-0.4, -0.2) is 36.1 Å². The van der Waals surface area contributed by atoms with Crippen LogP contribution in [0.3, 0.4) is 0 Å². The van der Waals surface area contributed by atoms with Crippen LogP contribution >= 0.6 is 31.9 Å². The monoisotopic (exact) mass is 604 g/mol. The third-order valence-electron chi connectivity index (χ3n) is 6.34. The lowest BCUT2D eigenvalue weighted by Gasteiger charge is -2.48. The predicted octanol–water partition coefficient (Wildman–Crippen LogP) is 6.77. The summed E-state index contributed by atoms with van der Waals surface area (Å²) >= 11 is 7.58. The van der Waals surface area contributed by atoms with Crippen molar-refractivity contribution in [1.82, 2.24) is 0 Å². The lowest BCUT2D eigenvalue weighted by atomic mass is 9.79. The Labute approximate surface area is 223 Å². The highest BCUT2D eigenvalue weighted by Gasteiger charge is 2.58. The largest absolute Gasteiger partial charge is 0.469 e. The fraction of sp³-hybridized carbons (Fsp3) is 0.357. The third-order valence-corrected chi connectivity index (χ3v) is 8.75. The number of hydrogen-bond donors (Lipinski definition) is 0. The van der Waals surface area contributed by atoms with Crippen molar-refractivity contribution >= 4 is 43.6 Å². The normalized spacial score (nSPS) is 22.8. The first-order valence-electron chi connectivity index (χ1n) is 11.3. The summed E-state index contributed by atoms with van der Waals surface area (Å²) in [6, 6.07) is 14.6. The van der Waals surface area contributed by atoms with Crippen molar-refractivity contribution in [2.24, 2.45) is 11.8 Å². The number of benzene rings is 2. The van der Waals surface area contributed by atoms with Gasteiger partial charge in [0.1, 0.15) is 10.1 Å². The quantitative estimate of drug-likeness (QED) is 0.144. The van der Waals surface area contributed by atoms with Crippen LogP contribution in [-0.2, 0) is 14.3 Å². The topological polar surface area (TPSA) is 61.8 Å². The molecule has 0 aliphatic heterocycles. The summed E-state index contributed by atoms with van der Waals surface area (Å²) in [4.78, 5) is 25.7. The number of ether oxygens (including phenoxy) is 3. The highest BCUT2D eigenvalue weighted by Crippen LogP contribution is 2.53. The number of halogens is 2. The second kappa shape index (κ2) is 10.8. The summed E-state index contributed by atoms with van der Waals surface area (Å²) in [5, 5.41) is 0. The zero-order chi connectivity index (χ0) is 26.0. The van der Waals surface area contributed by atoms with Crippen LogP contribution in [0.15, 0.2) is 70.7 Å². The lowest BCUT2D eigenvalue weighted by Crippen LogP contribution is -2.59. The summed E-state index contributed by atoms with van der Waals surface area (Å²) in [7, 11) is 2.93. The van der Waals surface area contributed by atoms with Gasteiger partial charge in [0, 0.05) is 12.7 Å². The van der Waals surface area contributed by atoms with Gasteiger partial charge in [-0.25, -0.2) is 0 Å². The number of esters is 1. The molecule has 0 N–H and O–H groups in total. The minimum absolute atomic E-state index is 0.0387. The van der Waals surface area contributed by atoms with Crippen LogP contribution in [0, 0.1) is 18.8 Å². The number of alkyl halides is 1. The highest BCUT2D eigenvalue weighted by atomic mass is 79.9. The summed E-state index contributed by atoms with van der Waals surface area (Å²) in [6.07, 6.45) is 3.76. The van der Waals surface area contributed by atoms with E-state index in [1.165, 1.54) is 7.11 Å². The second-order valence-corrected chi connectivity index (χ2v) is 11.1. The van der Waals surface area contributed by atoms with Gasteiger partial charge in [-0.2, -0.15) is 0 Å². The first kappa shape index (κ1) is 27.4. The molecule has 0 bridgehead atoms. The van der Waals surface area contributed by atoms with Crippen LogP contribution in [0.1, 0.15) is 42.3 Å². The number of ketones is 1. The number of hydrogen-bond acceptors (Lipinski definition) is 5. The molecule has 1 aliphatic carbocycles. The van der Waals surface area contributed by atoms with Crippen molar-refractivity contribution < 1.29 is 23.8 Å². The maximum Gasteiger partial charge on any atom is 0.312 e. The Morgan fingerprint density at radius 2 is 1.69 bits per heavy atom. The molecule has 0 amide bonds. The Morgan fingerprint density at radius 1 is 1.00 bits per heavy atom. The predicted molar refractivity (Wildman–Crippen MR) is 144 cm³/mol. The van der Waals surface area contributed by atoms with Gasteiger partial charge in [0.25, 0.3) is 5.79 Å². The van der Waals surface area contributed by atoms with Crippen molar-refractivity contribution in [3.63, 3.8) is 0 Å². The molecule has 3 unspecified atom stereocenters. The molecular formula is C28H30Br2O5. The zero-order valence-corrected chi connectivity index (χ0v) is 23.9. The van der Waals surface area contributed by atoms with E-state index in [1.54, 1.807) is 38.3 Å². The standard InChI is InChI=1S/C28H30Br2O5/c1-17(2)27(30)16-21(19(4)26(32)33-5)15-24(29)28(27,34-6)35-23-13-8-7-12-22(23)25(31)20-11-9-10-18(3)14-20/h7-17,19H,1-6H3. The molecule has 0 heterocycles. The van der Waals surface area contributed by atoms with Crippen LogP contribution in [0.25, 0.3) is 0 Å². The molecule has 3 atom stereocenters. The second-order valence-electron chi connectivity index (χ2n) is 8.92. The SMILES string of the molecule is COC(=O)C(C)C1=CC(Br)(C(C)C)C(OC)(Oc2ccccc2C(=O)c2cccc(C)c2)C(Br)=C1. The molecule has 35 heavy (non-hydrogen) atoms. The zero-order valence-electron chi connectivity index (χ0n) is 20.7. The van der Waals surface area contributed by atoms with Crippen LogP contribution in [0.2, 0.25) is 0 Å². The summed E-state index contributed by atoms with van der Waals surface area (Å²) in [5.41, 5.74) is 2.76. The Bertz CT molecular complexity index is 1190. The van der Waals surface area contributed by atoms with Crippen LogP contribution < -0.4 is 4.74 Å². The fourth-order valence-electron chi connectivity index (χ4n) is 4.18. The maximum absolute atomic E-state index is 13.5. The van der Waals surface area contributed by atoms with Gasteiger partial charge in [0.05, 0.1) is 23.1 Å². The van der Waals surface area contributed by atoms with E-state index in [-0.39, 0.29) is 17.7 Å². The van der Waals surface area contributed by atoms with Crippen molar-refractivity contribution in [3.05, 3.63) is 87.4 Å². The molecular weight excluding hydrogens is 576 g/mol. The van der Waals surface area contributed by atoms with E-state index < -0.39 is 16.0 Å². The molecule has 7 heteroatoms. The molecule has 186 valence electrons. The average Bonchev–Trinajstić information content (AvgIpc) is 2.84. The van der Waals surface area contributed by atoms with Gasteiger partial charge in [-0.05, 0) is 65.5 Å². The minimum atomic E-state index is -1.36. The fourth-order valence-corrected chi connectivity index (χ4v) is 6.00. The van der Waals surface area contributed by atoms with Gasteiger partial charge < -0.3 is 14.2 Å². The average molecular weight is 606 g/mol. The number of methoxy groups -OCH3 is 2. The van der Waals surface area contributed by atoms with Crippen molar-refractivity contribution in [2.45, 2.75) is 37.8 Å². The van der Waals surface area contributed by atoms with E-state index in [1.807, 2.05) is 57.2 Å². The van der Waals surface area contributed by atoms with E-state index in [0.717, 1.165) is 11.1 Å². The third kappa shape index (κ3) is 5.04. The van der Waals surface area contributed by atoms with E-state index in [0.29, 0.717) is 21.4 Å². The van der Waals surface area contributed by atoms with Crippen LogP contribution in [0.4, 0.5) is 0 Å². The number of carbonyl (C=O) groups is 2. The molecule has 0 saturated carbocycles. The van der Waals surface area contributed by atoms with E-state index in [4.69, 9.17) is 14.2 Å². The van der Waals surface area contributed by atoms with Crippen molar-refractivity contribution in [2.75, 3.05) is 14.2 Å². The Balaban J connectivity index is 2.12. The molecule has 0 fully saturated rings. The Morgan fingerprint density at radius 3 is 2.29 bits per heavy atom. The van der Waals surface area contributed by atoms with Gasteiger partial charge >= 0.3 is 5.97 Å². The van der Waals surface area contributed by atoms with Gasteiger partial charge in [-0.3, -0.25) is 9.59 Å². The van der Waals surface area contributed by atoms with Gasteiger partial charge in [-0.1, -0.05) is 71.7 Å². The number of para-hydroxylation sites is 1.